The minimum atomic E-state index is -1.04. The van der Waals surface area contributed by atoms with Crippen LogP contribution in [0.15, 0.2) is 18.2 Å². The maximum absolute atomic E-state index is 11.4. The van der Waals surface area contributed by atoms with Crippen molar-refractivity contribution in [2.45, 2.75) is 0 Å². The Morgan fingerprint density at radius 2 is 2.25 bits per heavy atom. The van der Waals surface area contributed by atoms with Gasteiger partial charge in [-0.3, -0.25) is 4.90 Å². The molecule has 0 radical (unpaired) electrons. The number of carbonyl (C=O) groups excluding carboxylic acids is 1. The average molecular weight is 241 g/mol. The van der Waals surface area contributed by atoms with Crippen LogP contribution in [0.2, 0.25) is 5.02 Å². The van der Waals surface area contributed by atoms with Crippen LogP contribution >= 0.6 is 11.6 Å². The lowest BCUT2D eigenvalue weighted by Gasteiger charge is -2.16. The zero-order valence-electron chi connectivity index (χ0n) is 8.24. The van der Waals surface area contributed by atoms with Crippen molar-refractivity contribution in [3.8, 4) is 0 Å². The van der Waals surface area contributed by atoms with Gasteiger partial charge in [0, 0.05) is 13.1 Å². The highest BCUT2D eigenvalue weighted by Crippen LogP contribution is 2.28. The minimum absolute atomic E-state index is 0.110. The Morgan fingerprint density at radius 1 is 1.50 bits per heavy atom. The summed E-state index contributed by atoms with van der Waals surface area (Å²) < 4.78 is 0. The Hall–Kier alpha value is -1.75. The summed E-state index contributed by atoms with van der Waals surface area (Å²) in [6.45, 7) is 1.02. The lowest BCUT2D eigenvalue weighted by atomic mass is 10.2. The van der Waals surface area contributed by atoms with Crippen molar-refractivity contribution in [2.24, 2.45) is 0 Å². The van der Waals surface area contributed by atoms with Gasteiger partial charge in [-0.1, -0.05) is 11.6 Å². The Balaban J connectivity index is 2.42. The summed E-state index contributed by atoms with van der Waals surface area (Å²) in [5.41, 5.74) is 0.538. The third-order valence-corrected chi connectivity index (χ3v) is 2.66. The third kappa shape index (κ3) is 1.81. The van der Waals surface area contributed by atoms with Crippen LogP contribution in [-0.4, -0.2) is 30.2 Å². The molecule has 1 aromatic rings. The van der Waals surface area contributed by atoms with E-state index in [0.717, 1.165) is 0 Å². The largest absolute Gasteiger partial charge is 0.478 e. The first kappa shape index (κ1) is 10.8. The summed E-state index contributed by atoms with van der Waals surface area (Å²) in [6, 6.07) is 4.02. The van der Waals surface area contributed by atoms with Gasteiger partial charge in [0.2, 0.25) is 0 Å². The zero-order valence-corrected chi connectivity index (χ0v) is 8.99. The van der Waals surface area contributed by atoms with Crippen LogP contribution in [0.25, 0.3) is 0 Å². The first-order chi connectivity index (χ1) is 7.59. The molecule has 0 spiro atoms. The summed E-state index contributed by atoms with van der Waals surface area (Å²) in [5.74, 6) is -1.04. The van der Waals surface area contributed by atoms with Crippen LogP contribution in [-0.2, 0) is 0 Å². The molecule has 5 nitrogen and oxygen atoms in total. The molecule has 1 heterocycles. The minimum Gasteiger partial charge on any atom is -0.478 e. The maximum Gasteiger partial charge on any atom is 0.335 e. The Kier molecular flexibility index (Phi) is 2.70. The molecule has 1 aliphatic rings. The molecular formula is C10H9ClN2O3. The second kappa shape index (κ2) is 4.02. The quantitative estimate of drug-likeness (QED) is 0.824. The van der Waals surface area contributed by atoms with Gasteiger partial charge in [-0.25, -0.2) is 9.59 Å². The molecule has 0 saturated carbocycles. The molecule has 1 aromatic carbocycles. The lowest BCUT2D eigenvalue weighted by molar-refractivity contribution is 0.0697. The lowest BCUT2D eigenvalue weighted by Crippen LogP contribution is -2.28. The van der Waals surface area contributed by atoms with Gasteiger partial charge in [0.05, 0.1) is 16.3 Å². The molecule has 0 aromatic heterocycles. The molecule has 1 fully saturated rings. The van der Waals surface area contributed by atoms with Crippen LogP contribution in [0, 0.1) is 0 Å². The molecule has 6 heteroatoms. The van der Waals surface area contributed by atoms with Crippen LogP contribution in [0.5, 0.6) is 0 Å². The van der Waals surface area contributed by atoms with E-state index in [-0.39, 0.29) is 11.6 Å². The summed E-state index contributed by atoms with van der Waals surface area (Å²) in [4.78, 5) is 23.6. The molecule has 1 saturated heterocycles. The van der Waals surface area contributed by atoms with Crippen LogP contribution in [0.3, 0.4) is 0 Å². The monoisotopic (exact) mass is 240 g/mol. The van der Waals surface area contributed by atoms with Crippen molar-refractivity contribution >= 4 is 29.3 Å². The number of rotatable bonds is 2. The van der Waals surface area contributed by atoms with Gasteiger partial charge < -0.3 is 10.4 Å². The number of carboxylic acids is 1. The number of amides is 2. The first-order valence-corrected chi connectivity index (χ1v) is 5.05. The molecule has 0 aliphatic carbocycles. The summed E-state index contributed by atoms with van der Waals surface area (Å²) in [5, 5.41) is 11.8. The third-order valence-electron chi connectivity index (χ3n) is 2.34. The summed E-state index contributed by atoms with van der Waals surface area (Å²) >= 11 is 5.93. The number of anilines is 1. The van der Waals surface area contributed by atoms with Gasteiger partial charge in [-0.05, 0) is 18.2 Å². The van der Waals surface area contributed by atoms with Crippen molar-refractivity contribution in [1.82, 2.24) is 5.32 Å². The predicted octanol–water partition coefficient (Wildman–Crippen LogP) is 1.57. The number of hydrogen-bond acceptors (Lipinski definition) is 2. The number of halogens is 1. The highest BCUT2D eigenvalue weighted by atomic mass is 35.5. The van der Waals surface area contributed by atoms with E-state index in [9.17, 15) is 9.59 Å². The van der Waals surface area contributed by atoms with Crippen LogP contribution in [0.1, 0.15) is 10.4 Å². The molecule has 0 atom stereocenters. The number of aromatic carboxylic acids is 1. The van der Waals surface area contributed by atoms with E-state index in [4.69, 9.17) is 16.7 Å². The number of benzene rings is 1. The SMILES string of the molecule is O=C(O)c1ccc(Cl)c(N2CCNC2=O)c1. The number of carbonyl (C=O) groups is 2. The van der Waals surface area contributed by atoms with Crippen molar-refractivity contribution < 1.29 is 14.7 Å². The van der Waals surface area contributed by atoms with Crippen molar-refractivity contribution in [1.29, 1.82) is 0 Å². The topological polar surface area (TPSA) is 69.6 Å². The highest BCUT2D eigenvalue weighted by molar-refractivity contribution is 6.34. The molecular weight excluding hydrogens is 232 g/mol. The first-order valence-electron chi connectivity index (χ1n) is 4.68. The van der Waals surface area contributed by atoms with E-state index in [2.05, 4.69) is 5.32 Å². The smallest absolute Gasteiger partial charge is 0.335 e. The Labute approximate surface area is 96.6 Å². The highest BCUT2D eigenvalue weighted by Gasteiger charge is 2.23. The summed E-state index contributed by atoms with van der Waals surface area (Å²) in [6.07, 6.45) is 0. The molecule has 1 aliphatic heterocycles. The van der Waals surface area contributed by atoms with E-state index in [1.54, 1.807) is 0 Å². The fraction of sp³-hybridized carbons (Fsp3) is 0.200. The fourth-order valence-electron chi connectivity index (χ4n) is 1.55. The van der Waals surface area contributed by atoms with E-state index in [1.807, 2.05) is 0 Å². The van der Waals surface area contributed by atoms with Gasteiger partial charge in [-0.15, -0.1) is 0 Å². The van der Waals surface area contributed by atoms with E-state index in [1.165, 1.54) is 23.1 Å². The molecule has 16 heavy (non-hydrogen) atoms. The normalized spacial score (nSPS) is 15.1. The maximum atomic E-state index is 11.4. The van der Waals surface area contributed by atoms with Gasteiger partial charge in [0.15, 0.2) is 0 Å². The molecule has 2 N–H and O–H groups in total. The van der Waals surface area contributed by atoms with Gasteiger partial charge in [-0.2, -0.15) is 0 Å². The molecule has 0 bridgehead atoms. The fourth-order valence-corrected chi connectivity index (χ4v) is 1.77. The van der Waals surface area contributed by atoms with Crippen molar-refractivity contribution in [3.63, 3.8) is 0 Å². The van der Waals surface area contributed by atoms with E-state index >= 15 is 0 Å². The standard InChI is InChI=1S/C10H9ClN2O3/c11-7-2-1-6(9(14)15)5-8(7)13-4-3-12-10(13)16/h1-2,5H,3-4H2,(H,12,16)(H,14,15). The summed E-state index contributed by atoms with van der Waals surface area (Å²) in [7, 11) is 0. The molecule has 0 unspecified atom stereocenters. The number of hydrogen-bond donors (Lipinski definition) is 2. The predicted molar refractivity (Wildman–Crippen MR) is 59.2 cm³/mol. The average Bonchev–Trinajstić information content (AvgIpc) is 2.65. The van der Waals surface area contributed by atoms with Crippen LogP contribution in [0.4, 0.5) is 10.5 Å². The van der Waals surface area contributed by atoms with E-state index < -0.39 is 5.97 Å². The second-order valence-corrected chi connectivity index (χ2v) is 3.76. The van der Waals surface area contributed by atoms with Crippen LogP contribution < -0.4 is 10.2 Å². The van der Waals surface area contributed by atoms with Gasteiger partial charge in [0.1, 0.15) is 0 Å². The molecule has 84 valence electrons. The van der Waals surface area contributed by atoms with Gasteiger partial charge in [0.25, 0.3) is 0 Å². The Morgan fingerprint density at radius 3 is 2.81 bits per heavy atom. The zero-order chi connectivity index (χ0) is 11.7. The number of urea groups is 1. The number of carboxylic acid groups (broad SMARTS) is 1. The van der Waals surface area contributed by atoms with Crippen molar-refractivity contribution in [2.75, 3.05) is 18.0 Å². The molecule has 2 amide bonds. The number of nitrogens with zero attached hydrogens (tertiary/aromatic N) is 1. The van der Waals surface area contributed by atoms with E-state index in [0.29, 0.717) is 23.8 Å². The van der Waals surface area contributed by atoms with Gasteiger partial charge >= 0.3 is 12.0 Å². The second-order valence-electron chi connectivity index (χ2n) is 3.35. The molecule has 2 rings (SSSR count). The number of nitrogens with one attached hydrogen (secondary N) is 1. The van der Waals surface area contributed by atoms with Crippen molar-refractivity contribution in [3.05, 3.63) is 28.8 Å². The Bertz CT molecular complexity index is 461.